The van der Waals surface area contributed by atoms with E-state index in [1.807, 2.05) is 36.4 Å². The number of carbonyl (C=O) groups is 3. The van der Waals surface area contributed by atoms with Crippen molar-refractivity contribution < 1.29 is 14.4 Å². The minimum Gasteiger partial charge on any atom is -0.274 e. The number of hydrazone groups is 1. The highest BCUT2D eigenvalue weighted by Gasteiger charge is 2.68. The van der Waals surface area contributed by atoms with E-state index in [0.29, 0.717) is 11.6 Å². The number of nitrogens with one attached hydrogen (secondary N) is 1. The van der Waals surface area contributed by atoms with Crippen LogP contribution in [0, 0.1) is 29.1 Å². The third kappa shape index (κ3) is 3.24. The third-order valence-corrected chi connectivity index (χ3v) is 11.4. The highest BCUT2D eigenvalue weighted by atomic mass is 79.9. The first-order valence-corrected chi connectivity index (χ1v) is 15.3. The van der Waals surface area contributed by atoms with Gasteiger partial charge in [-0.2, -0.15) is 5.10 Å². The number of halogens is 1. The van der Waals surface area contributed by atoms with Crippen molar-refractivity contribution in [2.45, 2.75) is 43.9 Å². The number of carbonyl (C=O) groups excluding carboxylic acids is 3. The highest BCUT2D eigenvalue weighted by molar-refractivity contribution is 9.10. The van der Waals surface area contributed by atoms with Crippen LogP contribution in [0.2, 0.25) is 0 Å². The molecule has 5 atom stereocenters. The Morgan fingerprint density at radius 3 is 2.24 bits per heavy atom. The number of benzene rings is 3. The maximum absolute atomic E-state index is 14.4. The van der Waals surface area contributed by atoms with Gasteiger partial charge in [0.15, 0.2) is 0 Å². The van der Waals surface area contributed by atoms with Crippen molar-refractivity contribution in [2.75, 3.05) is 4.90 Å². The molecular formula is C34H30BrN3O3. The molecule has 41 heavy (non-hydrogen) atoms. The van der Waals surface area contributed by atoms with Gasteiger partial charge in [-0.15, -0.1) is 0 Å². The first-order valence-electron chi connectivity index (χ1n) is 14.5. The zero-order valence-corrected chi connectivity index (χ0v) is 24.3. The SMILES string of the molecule is C[C@]12CCCC[C@@H]1[C@@H]2C(=O)N/N=C\C12c3ccccc3C(c3ccccc31)[C@H]1C(=O)N(c3ccc(Br)cc3)C(=O)[C@H]12. The lowest BCUT2D eigenvalue weighted by atomic mass is 9.47. The van der Waals surface area contributed by atoms with Gasteiger partial charge in [-0.05, 0) is 70.7 Å². The summed E-state index contributed by atoms with van der Waals surface area (Å²) in [5.74, 6) is -1.52. The number of hydrogen-bond acceptors (Lipinski definition) is 4. The Bertz CT molecular complexity index is 1620. The van der Waals surface area contributed by atoms with Crippen LogP contribution >= 0.6 is 15.9 Å². The predicted molar refractivity (Wildman–Crippen MR) is 159 cm³/mol. The molecule has 9 rings (SSSR count). The molecule has 3 aromatic carbocycles. The summed E-state index contributed by atoms with van der Waals surface area (Å²) in [6, 6.07) is 23.5. The minimum absolute atomic E-state index is 0.0170. The summed E-state index contributed by atoms with van der Waals surface area (Å²) < 4.78 is 0.876. The average Bonchev–Trinajstić information content (AvgIpc) is 3.54. The molecule has 7 heteroatoms. The molecule has 0 radical (unpaired) electrons. The summed E-state index contributed by atoms with van der Waals surface area (Å²) >= 11 is 3.46. The number of anilines is 1. The van der Waals surface area contributed by atoms with E-state index in [4.69, 9.17) is 0 Å². The molecule has 0 spiro atoms. The van der Waals surface area contributed by atoms with Gasteiger partial charge in [0.05, 0.1) is 22.9 Å². The Labute approximate surface area is 247 Å². The molecule has 0 aromatic heterocycles. The van der Waals surface area contributed by atoms with Gasteiger partial charge < -0.3 is 0 Å². The Morgan fingerprint density at radius 1 is 0.951 bits per heavy atom. The molecule has 1 N–H and O–H groups in total. The number of imide groups is 1. The van der Waals surface area contributed by atoms with E-state index in [1.54, 1.807) is 18.3 Å². The van der Waals surface area contributed by atoms with Crippen LogP contribution in [0.1, 0.15) is 60.8 Å². The number of amides is 3. The highest BCUT2D eigenvalue weighted by Crippen LogP contribution is 2.66. The molecule has 1 heterocycles. The fourth-order valence-corrected chi connectivity index (χ4v) is 9.28. The van der Waals surface area contributed by atoms with Gasteiger partial charge in [-0.1, -0.05) is 84.2 Å². The Kier molecular flexibility index (Phi) is 5.35. The van der Waals surface area contributed by atoms with Gasteiger partial charge in [-0.25, -0.2) is 10.3 Å². The molecule has 3 fully saturated rings. The van der Waals surface area contributed by atoms with Gasteiger partial charge in [0.25, 0.3) is 0 Å². The fourth-order valence-electron chi connectivity index (χ4n) is 9.01. The lowest BCUT2D eigenvalue weighted by molar-refractivity contribution is -0.124. The molecule has 2 bridgehead atoms. The molecule has 3 aromatic rings. The molecule has 6 aliphatic rings. The van der Waals surface area contributed by atoms with E-state index in [0.717, 1.165) is 39.6 Å². The van der Waals surface area contributed by atoms with Gasteiger partial charge >= 0.3 is 0 Å². The topological polar surface area (TPSA) is 78.8 Å². The van der Waals surface area contributed by atoms with Crippen LogP contribution in [-0.2, 0) is 19.8 Å². The molecule has 5 aliphatic carbocycles. The Hall–Kier alpha value is -3.58. The summed E-state index contributed by atoms with van der Waals surface area (Å²) in [6.45, 7) is 2.22. The minimum atomic E-state index is -0.989. The van der Waals surface area contributed by atoms with Crippen LogP contribution in [0.15, 0.2) is 82.4 Å². The van der Waals surface area contributed by atoms with E-state index in [9.17, 15) is 14.4 Å². The maximum atomic E-state index is 14.4. The van der Waals surface area contributed by atoms with Crippen LogP contribution < -0.4 is 10.3 Å². The molecule has 1 saturated heterocycles. The van der Waals surface area contributed by atoms with Gasteiger partial charge in [0, 0.05) is 22.5 Å². The second kappa shape index (κ2) is 8.71. The largest absolute Gasteiger partial charge is 0.274 e. The molecule has 206 valence electrons. The third-order valence-electron chi connectivity index (χ3n) is 10.8. The first kappa shape index (κ1) is 25.2. The quantitative estimate of drug-likeness (QED) is 0.227. The van der Waals surface area contributed by atoms with Gasteiger partial charge in [0.2, 0.25) is 17.7 Å². The van der Waals surface area contributed by atoms with Crippen LogP contribution in [0.5, 0.6) is 0 Å². The smallest absolute Gasteiger partial charge is 0.244 e. The molecule has 6 nitrogen and oxygen atoms in total. The van der Waals surface area contributed by atoms with E-state index >= 15 is 0 Å². The van der Waals surface area contributed by atoms with Crippen LogP contribution in [-0.4, -0.2) is 23.9 Å². The molecule has 0 unspecified atom stereocenters. The van der Waals surface area contributed by atoms with Crippen molar-refractivity contribution in [3.63, 3.8) is 0 Å². The second-order valence-electron chi connectivity index (χ2n) is 12.6. The predicted octanol–water partition coefficient (Wildman–Crippen LogP) is 5.93. The van der Waals surface area contributed by atoms with E-state index in [2.05, 4.69) is 57.6 Å². The van der Waals surface area contributed by atoms with Crippen molar-refractivity contribution >= 4 is 45.6 Å². The van der Waals surface area contributed by atoms with Crippen molar-refractivity contribution in [1.82, 2.24) is 5.43 Å². The number of fused-ring (bicyclic) bond motifs is 1. The maximum Gasteiger partial charge on any atom is 0.244 e. The normalized spacial score (nSPS) is 34.2. The van der Waals surface area contributed by atoms with E-state index in [1.165, 1.54) is 17.7 Å². The van der Waals surface area contributed by atoms with Gasteiger partial charge in [0.1, 0.15) is 0 Å². The molecule has 3 amide bonds. The summed E-state index contributed by atoms with van der Waals surface area (Å²) in [6.07, 6.45) is 6.29. The zero-order valence-electron chi connectivity index (χ0n) is 22.7. The molecule has 2 saturated carbocycles. The summed E-state index contributed by atoms with van der Waals surface area (Å²) in [4.78, 5) is 43.4. The number of nitrogens with zero attached hydrogens (tertiary/aromatic N) is 2. The number of rotatable bonds is 4. The summed E-state index contributed by atoms with van der Waals surface area (Å²) in [7, 11) is 0. The zero-order chi connectivity index (χ0) is 28.1. The van der Waals surface area contributed by atoms with Crippen LogP contribution in [0.25, 0.3) is 0 Å². The van der Waals surface area contributed by atoms with E-state index < -0.39 is 17.3 Å². The first-order chi connectivity index (χ1) is 19.9. The second-order valence-corrected chi connectivity index (χ2v) is 13.5. The fraction of sp³-hybridized carbons (Fsp3) is 0.353. The van der Waals surface area contributed by atoms with Crippen molar-refractivity contribution in [2.24, 2.45) is 34.2 Å². The lowest BCUT2D eigenvalue weighted by Crippen LogP contribution is -2.54. The van der Waals surface area contributed by atoms with E-state index in [-0.39, 0.29) is 35.0 Å². The Balaban J connectivity index is 1.25. The van der Waals surface area contributed by atoms with Gasteiger partial charge in [-0.3, -0.25) is 14.4 Å². The number of hydrogen-bond donors (Lipinski definition) is 1. The average molecular weight is 609 g/mol. The van der Waals surface area contributed by atoms with Crippen LogP contribution in [0.3, 0.4) is 0 Å². The lowest BCUT2D eigenvalue weighted by Gasteiger charge is -2.52. The molecular weight excluding hydrogens is 578 g/mol. The van der Waals surface area contributed by atoms with Crippen molar-refractivity contribution in [3.05, 3.63) is 99.5 Å². The molecule has 1 aliphatic heterocycles. The van der Waals surface area contributed by atoms with Crippen LogP contribution in [0.4, 0.5) is 5.69 Å². The monoisotopic (exact) mass is 607 g/mol. The summed E-state index contributed by atoms with van der Waals surface area (Å²) in [5.41, 5.74) is 6.58. The Morgan fingerprint density at radius 2 is 1.61 bits per heavy atom. The van der Waals surface area contributed by atoms with Crippen molar-refractivity contribution in [3.8, 4) is 0 Å². The van der Waals surface area contributed by atoms with Crippen molar-refractivity contribution in [1.29, 1.82) is 0 Å². The summed E-state index contributed by atoms with van der Waals surface area (Å²) in [5, 5.41) is 4.63. The standard InChI is InChI=1S/C34H30BrN3O3/c1-33-17-7-6-12-25(33)28(33)30(39)37-36-18-34-23-10-4-2-8-21(23)26(22-9-3-5-11-24(22)34)27-29(34)32(41)38(31(27)40)20-15-13-19(35)14-16-20/h2-5,8-11,13-16,18,25-29H,6-7,12,17H2,1H3,(H,37,39)/b36-18-/t25-,26?,27-,28-,29+,33+,34?/m1/s1.